The summed E-state index contributed by atoms with van der Waals surface area (Å²) in [5, 5.41) is 12.3. The molecule has 0 radical (unpaired) electrons. The minimum atomic E-state index is -0.501. The van der Waals surface area contributed by atoms with Crippen molar-refractivity contribution in [1.29, 1.82) is 0 Å². The average Bonchev–Trinajstić information content (AvgIpc) is 3.57. The van der Waals surface area contributed by atoms with Gasteiger partial charge in [-0.25, -0.2) is 8.78 Å². The van der Waals surface area contributed by atoms with Crippen LogP contribution in [0.2, 0.25) is 0 Å². The fourth-order valence-corrected chi connectivity index (χ4v) is 9.68. The molecule has 0 saturated carbocycles. The van der Waals surface area contributed by atoms with Crippen molar-refractivity contribution in [3.8, 4) is 0 Å². The Morgan fingerprint density at radius 3 is 2.29 bits per heavy atom. The molecule has 3 unspecified atom stereocenters. The number of ketones is 2. The summed E-state index contributed by atoms with van der Waals surface area (Å²) in [7, 11) is 3.55. The zero-order valence-corrected chi connectivity index (χ0v) is 49.6. The number of Topliss-reactive ketones (excluding diaryl/α,β-unsaturated/α-hetero) is 2. The molecule has 4 N–H and O–H groups in total. The second kappa shape index (κ2) is 35.8. The highest BCUT2D eigenvalue weighted by Gasteiger charge is 2.28. The van der Waals surface area contributed by atoms with Gasteiger partial charge in [0.05, 0.1) is 13.2 Å². The molecule has 0 spiro atoms. The van der Waals surface area contributed by atoms with E-state index in [2.05, 4.69) is 87.7 Å². The van der Waals surface area contributed by atoms with Crippen LogP contribution in [-0.2, 0) is 14.3 Å². The summed E-state index contributed by atoms with van der Waals surface area (Å²) < 4.78 is 35.2. The van der Waals surface area contributed by atoms with Gasteiger partial charge in [0.2, 0.25) is 5.91 Å². The Balaban J connectivity index is 0.000000494. The van der Waals surface area contributed by atoms with E-state index in [9.17, 15) is 18.8 Å². The SMILES string of the molecule is CC.CC.CCCC(CCC)CN1CCN(/C(C)=C(F)/C=C(\CC)NC2CCC(=O)CNC2=O)CC1C.CNC(/C=C\Nc1ccnc(C)c1/C=C(\C)C(C)N1CC=C(c2c(C)cc(C(C)=O)cc2F)CC1)=C/COC. The number of ether oxygens (including phenoxy) is 1. The van der Waals surface area contributed by atoms with E-state index in [-0.39, 0.29) is 41.7 Å². The Hall–Kier alpha value is -5.44. The van der Waals surface area contributed by atoms with Crippen molar-refractivity contribution < 1.29 is 27.9 Å². The number of nitrogens with zero attached hydrogens (tertiary/aromatic N) is 4. The number of aryl methyl sites for hydroxylation is 2. The molecule has 424 valence electrons. The molecule has 12 nitrogen and oxygen atoms in total. The predicted octanol–water partition coefficient (Wildman–Crippen LogP) is 12.5. The summed E-state index contributed by atoms with van der Waals surface area (Å²) in [4.78, 5) is 47.2. The summed E-state index contributed by atoms with van der Waals surface area (Å²) in [6.45, 7) is 34.2. The molecule has 5 rings (SSSR count). The van der Waals surface area contributed by atoms with Crippen LogP contribution in [0.15, 0.2) is 83.4 Å². The van der Waals surface area contributed by atoms with Crippen molar-refractivity contribution in [3.05, 3.63) is 117 Å². The molecule has 2 fully saturated rings. The number of benzene rings is 1. The van der Waals surface area contributed by atoms with E-state index in [0.29, 0.717) is 54.4 Å². The summed E-state index contributed by atoms with van der Waals surface area (Å²) in [6, 6.07) is 5.21. The minimum absolute atomic E-state index is 0.0283. The number of hydrogen-bond donors (Lipinski definition) is 4. The number of nitrogens with one attached hydrogen (secondary N) is 4. The highest BCUT2D eigenvalue weighted by Crippen LogP contribution is 2.31. The number of piperazine rings is 1. The van der Waals surface area contributed by atoms with Crippen molar-refractivity contribution in [3.63, 3.8) is 0 Å². The lowest BCUT2D eigenvalue weighted by molar-refractivity contribution is -0.124. The molecule has 1 amide bonds. The first-order valence-corrected chi connectivity index (χ1v) is 28.2. The van der Waals surface area contributed by atoms with Crippen LogP contribution in [-0.4, -0.2) is 122 Å². The average molecular weight is 1060 g/mol. The highest BCUT2D eigenvalue weighted by molar-refractivity contribution is 5.95. The molecule has 1 aromatic carbocycles. The predicted molar refractivity (Wildman–Crippen MR) is 314 cm³/mol. The topological polar surface area (TPSA) is 131 Å². The fraction of sp³-hybridized carbons (Fsp3) is 0.581. The van der Waals surface area contributed by atoms with Gasteiger partial charge in [-0.15, -0.1) is 0 Å². The number of carbonyl (C=O) groups is 3. The molecule has 2 saturated heterocycles. The first-order valence-electron chi connectivity index (χ1n) is 28.2. The normalized spacial score (nSPS) is 18.7. The molecule has 3 aliphatic rings. The number of hydrogen-bond acceptors (Lipinski definition) is 11. The van der Waals surface area contributed by atoms with Crippen molar-refractivity contribution in [2.75, 3.05) is 71.9 Å². The van der Waals surface area contributed by atoms with Crippen LogP contribution in [0.4, 0.5) is 14.5 Å². The largest absolute Gasteiger partial charge is 0.388 e. The number of allylic oxidation sites excluding steroid dienone is 5. The molecule has 3 atom stereocenters. The first-order chi connectivity index (χ1) is 36.4. The van der Waals surface area contributed by atoms with Crippen LogP contribution in [0, 0.1) is 25.6 Å². The summed E-state index contributed by atoms with van der Waals surface area (Å²) in [5.41, 5.74) is 9.34. The van der Waals surface area contributed by atoms with Crippen LogP contribution in [0.5, 0.6) is 0 Å². The van der Waals surface area contributed by atoms with Gasteiger partial charge in [0.15, 0.2) is 11.6 Å². The number of amides is 1. The van der Waals surface area contributed by atoms with Gasteiger partial charge in [-0.05, 0) is 134 Å². The maximum Gasteiger partial charge on any atom is 0.242 e. The molecule has 0 bridgehead atoms. The Morgan fingerprint density at radius 2 is 1.71 bits per heavy atom. The van der Waals surface area contributed by atoms with Gasteiger partial charge in [0.25, 0.3) is 0 Å². The first kappa shape index (κ1) is 66.7. The molecule has 76 heavy (non-hydrogen) atoms. The molecule has 14 heteroatoms. The molecule has 4 heterocycles. The van der Waals surface area contributed by atoms with Crippen molar-refractivity contribution in [2.24, 2.45) is 5.92 Å². The molecule has 0 aliphatic carbocycles. The van der Waals surface area contributed by atoms with Crippen LogP contribution in [0.3, 0.4) is 0 Å². The zero-order valence-electron chi connectivity index (χ0n) is 49.6. The van der Waals surface area contributed by atoms with E-state index in [4.69, 9.17) is 4.74 Å². The third-order valence-electron chi connectivity index (χ3n) is 14.3. The number of pyridine rings is 1. The van der Waals surface area contributed by atoms with E-state index in [1.165, 1.54) is 50.3 Å². The number of carbonyl (C=O) groups excluding carboxylic acids is 3. The fourth-order valence-electron chi connectivity index (χ4n) is 9.68. The summed E-state index contributed by atoms with van der Waals surface area (Å²) >= 11 is 0. The molecule has 1 aromatic heterocycles. The molecule has 3 aliphatic heterocycles. The standard InChI is InChI=1S/C32H41FN4O2.C26H45FN4O2.2C2H6/c1-21(19-29-23(3)35-14-9-31(29)36-13-8-28(34-6)12-17-39-7)24(4)37-15-10-26(11-16-37)32-22(2)18-27(25(5)38)20-30(32)33;1-6-9-21(10-7-2)18-30-13-14-31(17-19(30)4)20(5)24(27)15-22(8-3)29-25-12-11-23(32)16-28-26(25)33;2*1-2/h8-10,12-14,18-20,24,34H,11,15-17H2,1-7H3,(H,35,36);15,19,21,25,29H,6-14,16-18H2,1-5H3,(H,28,33);2*1-2H3/b13-8-,21-19+,28-12+;22-15+,24-20-;;. The Bertz CT molecular complexity index is 2310. The number of anilines is 1. The van der Waals surface area contributed by atoms with Crippen LogP contribution >= 0.6 is 0 Å². The number of halogens is 2. The van der Waals surface area contributed by atoms with Gasteiger partial charge in [-0.1, -0.05) is 79.0 Å². The van der Waals surface area contributed by atoms with Gasteiger partial charge < -0.3 is 30.9 Å². The van der Waals surface area contributed by atoms with Gasteiger partial charge in [0.1, 0.15) is 17.7 Å². The van der Waals surface area contributed by atoms with Gasteiger partial charge in [-0.3, -0.25) is 29.2 Å². The lowest BCUT2D eigenvalue weighted by Crippen LogP contribution is -2.52. The molecular formula is C62H98F2N8O4. The number of likely N-dealkylation sites (N-methyl/N-ethyl adjacent to an activating group) is 1. The maximum atomic E-state index is 15.2. The highest BCUT2D eigenvalue weighted by atomic mass is 19.1. The second-order valence-corrected chi connectivity index (χ2v) is 19.6. The van der Waals surface area contributed by atoms with Crippen LogP contribution < -0.4 is 21.3 Å². The van der Waals surface area contributed by atoms with E-state index >= 15 is 4.39 Å². The monoisotopic (exact) mass is 1060 g/mol. The molecular weight excluding hydrogens is 959 g/mol. The smallest absolute Gasteiger partial charge is 0.242 e. The van der Waals surface area contributed by atoms with Crippen molar-refractivity contribution in [1.82, 2.24) is 35.6 Å². The summed E-state index contributed by atoms with van der Waals surface area (Å²) in [6.07, 6.45) is 20.6. The maximum absolute atomic E-state index is 15.2. The van der Waals surface area contributed by atoms with Crippen molar-refractivity contribution in [2.45, 2.75) is 166 Å². The third-order valence-corrected chi connectivity index (χ3v) is 14.3. The van der Waals surface area contributed by atoms with Gasteiger partial charge in [0, 0.05) is 129 Å². The molecule has 2 aromatic rings. The van der Waals surface area contributed by atoms with Crippen LogP contribution in [0.25, 0.3) is 11.6 Å². The van der Waals surface area contributed by atoms with E-state index < -0.39 is 6.04 Å². The van der Waals surface area contributed by atoms with E-state index in [1.807, 2.05) is 93.1 Å². The van der Waals surface area contributed by atoms with Crippen LogP contribution in [0.1, 0.15) is 167 Å². The Labute approximate surface area is 458 Å². The number of aromatic nitrogens is 1. The second-order valence-electron chi connectivity index (χ2n) is 19.6. The quantitative estimate of drug-likeness (QED) is 0.0664. The van der Waals surface area contributed by atoms with Gasteiger partial charge >= 0.3 is 0 Å². The summed E-state index contributed by atoms with van der Waals surface area (Å²) in [5.74, 6) is -0.124. The third kappa shape index (κ3) is 21.2. The lowest BCUT2D eigenvalue weighted by Gasteiger charge is -2.42. The minimum Gasteiger partial charge on any atom is -0.388 e. The Morgan fingerprint density at radius 1 is 1.01 bits per heavy atom. The van der Waals surface area contributed by atoms with Crippen molar-refractivity contribution >= 4 is 34.8 Å². The number of rotatable bonds is 22. The van der Waals surface area contributed by atoms with E-state index in [1.54, 1.807) is 13.2 Å². The Kier molecular flexibility index (Phi) is 31.4. The van der Waals surface area contributed by atoms with E-state index in [0.717, 1.165) is 85.4 Å². The number of methoxy groups -OCH3 is 1. The zero-order chi connectivity index (χ0) is 56.9. The van der Waals surface area contributed by atoms with Gasteiger partial charge in [-0.2, -0.15) is 0 Å². The lowest BCUT2D eigenvalue weighted by atomic mass is 9.92.